The van der Waals surface area contributed by atoms with Crippen LogP contribution in [0.4, 0.5) is 0 Å². The van der Waals surface area contributed by atoms with E-state index in [-0.39, 0.29) is 12.5 Å². The van der Waals surface area contributed by atoms with Crippen LogP contribution >= 0.6 is 11.6 Å². The molecule has 0 bridgehead atoms. The second-order valence-electron chi connectivity index (χ2n) is 5.72. The van der Waals surface area contributed by atoms with Gasteiger partial charge in [-0.3, -0.25) is 4.79 Å². The Balaban J connectivity index is 1.96. The van der Waals surface area contributed by atoms with Crippen LogP contribution in [-0.4, -0.2) is 29.1 Å². The Bertz CT molecular complexity index is 493. The van der Waals surface area contributed by atoms with Gasteiger partial charge in [0.1, 0.15) is 5.15 Å². The minimum Gasteiger partial charge on any atom is -0.396 e. The van der Waals surface area contributed by atoms with E-state index in [1.54, 1.807) is 12.1 Å². The molecule has 0 saturated heterocycles. The summed E-state index contributed by atoms with van der Waals surface area (Å²) in [7, 11) is 0. The molecule has 1 heterocycles. The van der Waals surface area contributed by atoms with Crippen molar-refractivity contribution in [3.63, 3.8) is 0 Å². The number of aliphatic hydroxyl groups excluding tert-OH is 1. The lowest BCUT2D eigenvalue weighted by Gasteiger charge is -2.30. The Labute approximate surface area is 130 Å². The highest BCUT2D eigenvalue weighted by molar-refractivity contribution is 6.29. The largest absolute Gasteiger partial charge is 0.396 e. The monoisotopic (exact) mass is 310 g/mol. The third-order valence-corrected chi connectivity index (χ3v) is 4.49. The van der Waals surface area contributed by atoms with Crippen LogP contribution in [-0.2, 0) is 6.42 Å². The number of halogens is 1. The van der Waals surface area contributed by atoms with E-state index in [1.165, 1.54) is 12.8 Å². The van der Waals surface area contributed by atoms with Crippen LogP contribution in [0.3, 0.4) is 0 Å². The van der Waals surface area contributed by atoms with Crippen molar-refractivity contribution in [2.45, 2.75) is 39.0 Å². The second kappa shape index (κ2) is 7.76. The maximum atomic E-state index is 12.2. The first-order chi connectivity index (χ1) is 10.1. The third kappa shape index (κ3) is 4.42. The number of carbonyl (C=O) groups excluding carboxylic acids is 1. The van der Waals surface area contributed by atoms with Gasteiger partial charge in [-0.1, -0.05) is 31.4 Å². The normalized spacial score (nSPS) is 22.0. The molecular formula is C16H23ClN2O2. The van der Waals surface area contributed by atoms with Crippen LogP contribution in [0, 0.1) is 11.8 Å². The first-order valence-corrected chi connectivity index (χ1v) is 8.07. The van der Waals surface area contributed by atoms with Gasteiger partial charge in [-0.2, -0.15) is 0 Å². The highest BCUT2D eigenvalue weighted by Crippen LogP contribution is 2.29. The number of pyridine rings is 1. The summed E-state index contributed by atoms with van der Waals surface area (Å²) in [6, 6.07) is 3.38. The average Bonchev–Trinajstić information content (AvgIpc) is 2.52. The van der Waals surface area contributed by atoms with E-state index in [4.69, 9.17) is 11.6 Å². The fraction of sp³-hybridized carbons (Fsp3) is 0.625. The topological polar surface area (TPSA) is 62.2 Å². The summed E-state index contributed by atoms with van der Waals surface area (Å²) < 4.78 is 0. The maximum absolute atomic E-state index is 12.2. The van der Waals surface area contributed by atoms with Crippen molar-refractivity contribution in [2.24, 2.45) is 11.8 Å². The molecule has 0 aromatic carbocycles. The van der Waals surface area contributed by atoms with E-state index in [1.807, 2.05) is 6.92 Å². The van der Waals surface area contributed by atoms with E-state index in [0.717, 1.165) is 25.0 Å². The van der Waals surface area contributed by atoms with E-state index in [9.17, 15) is 9.90 Å². The molecule has 21 heavy (non-hydrogen) atoms. The van der Waals surface area contributed by atoms with Gasteiger partial charge in [0.05, 0.1) is 0 Å². The SMILES string of the molecule is CCc1cc(C(=O)NCC2CCCCC2CO)cc(Cl)n1. The molecule has 4 nitrogen and oxygen atoms in total. The maximum Gasteiger partial charge on any atom is 0.251 e. The Hall–Kier alpha value is -1.13. The number of nitrogens with one attached hydrogen (secondary N) is 1. The fourth-order valence-electron chi connectivity index (χ4n) is 2.98. The number of amides is 1. The standard InChI is InChI=1S/C16H23ClN2O2/c1-2-14-7-13(8-15(17)19-14)16(21)18-9-11-5-3-4-6-12(11)10-20/h7-8,11-12,20H,2-6,9-10H2,1H3,(H,18,21). The molecule has 0 aliphatic heterocycles. The molecule has 116 valence electrons. The molecule has 1 aliphatic rings. The summed E-state index contributed by atoms with van der Waals surface area (Å²) in [5.74, 6) is 0.568. The van der Waals surface area contributed by atoms with Gasteiger partial charge in [0.15, 0.2) is 0 Å². The van der Waals surface area contributed by atoms with Gasteiger partial charge in [0, 0.05) is 24.4 Å². The van der Waals surface area contributed by atoms with Gasteiger partial charge in [-0.25, -0.2) is 4.98 Å². The van der Waals surface area contributed by atoms with Crippen LogP contribution < -0.4 is 5.32 Å². The van der Waals surface area contributed by atoms with Gasteiger partial charge >= 0.3 is 0 Å². The summed E-state index contributed by atoms with van der Waals surface area (Å²) in [5.41, 5.74) is 1.38. The minimum atomic E-state index is -0.115. The lowest BCUT2D eigenvalue weighted by Crippen LogP contribution is -2.35. The number of aliphatic hydroxyl groups is 1. The summed E-state index contributed by atoms with van der Waals surface area (Å²) in [5, 5.41) is 12.7. The molecule has 2 rings (SSSR count). The molecule has 1 fully saturated rings. The molecule has 0 radical (unpaired) electrons. The molecular weight excluding hydrogens is 288 g/mol. The summed E-state index contributed by atoms with van der Waals surface area (Å²) >= 11 is 5.94. The highest BCUT2D eigenvalue weighted by atomic mass is 35.5. The number of carbonyl (C=O) groups is 1. The molecule has 5 heteroatoms. The lowest BCUT2D eigenvalue weighted by atomic mass is 9.79. The van der Waals surface area contributed by atoms with Gasteiger partial charge in [0.25, 0.3) is 5.91 Å². The molecule has 2 unspecified atom stereocenters. The Kier molecular flexibility index (Phi) is 6.00. The van der Waals surface area contributed by atoms with Gasteiger partial charge in [-0.05, 0) is 43.2 Å². The minimum absolute atomic E-state index is 0.115. The summed E-state index contributed by atoms with van der Waals surface area (Å²) in [6.07, 6.45) is 5.23. The quantitative estimate of drug-likeness (QED) is 0.822. The zero-order chi connectivity index (χ0) is 15.2. The van der Waals surface area contributed by atoms with Crippen molar-refractivity contribution < 1.29 is 9.90 Å². The van der Waals surface area contributed by atoms with E-state index in [2.05, 4.69) is 10.3 Å². The van der Waals surface area contributed by atoms with Crippen LogP contribution in [0.1, 0.15) is 48.7 Å². The molecule has 0 spiro atoms. The fourth-order valence-corrected chi connectivity index (χ4v) is 3.21. The average molecular weight is 311 g/mol. The zero-order valence-corrected chi connectivity index (χ0v) is 13.2. The molecule has 2 N–H and O–H groups in total. The third-order valence-electron chi connectivity index (χ3n) is 4.30. The summed E-state index contributed by atoms with van der Waals surface area (Å²) in [6.45, 7) is 2.81. The van der Waals surface area contributed by atoms with Crippen molar-refractivity contribution in [1.29, 1.82) is 0 Å². The first kappa shape index (κ1) is 16.2. The molecule has 1 aliphatic carbocycles. The molecule has 2 atom stereocenters. The Morgan fingerprint density at radius 1 is 1.38 bits per heavy atom. The first-order valence-electron chi connectivity index (χ1n) is 7.69. The Morgan fingerprint density at radius 2 is 2.10 bits per heavy atom. The van der Waals surface area contributed by atoms with Gasteiger partial charge in [0.2, 0.25) is 0 Å². The number of rotatable bonds is 5. The van der Waals surface area contributed by atoms with Crippen molar-refractivity contribution in [2.75, 3.05) is 13.2 Å². The smallest absolute Gasteiger partial charge is 0.251 e. The molecule has 1 aromatic rings. The summed E-state index contributed by atoms with van der Waals surface area (Å²) in [4.78, 5) is 16.4. The van der Waals surface area contributed by atoms with E-state index in [0.29, 0.717) is 29.1 Å². The zero-order valence-electron chi connectivity index (χ0n) is 12.4. The Morgan fingerprint density at radius 3 is 2.76 bits per heavy atom. The van der Waals surface area contributed by atoms with Crippen molar-refractivity contribution in [3.05, 3.63) is 28.5 Å². The van der Waals surface area contributed by atoms with Crippen LogP contribution in [0.2, 0.25) is 5.15 Å². The van der Waals surface area contributed by atoms with Gasteiger partial charge in [-0.15, -0.1) is 0 Å². The number of aromatic nitrogens is 1. The number of nitrogens with zero attached hydrogens (tertiary/aromatic N) is 1. The van der Waals surface area contributed by atoms with Crippen LogP contribution in [0.15, 0.2) is 12.1 Å². The van der Waals surface area contributed by atoms with Crippen LogP contribution in [0.5, 0.6) is 0 Å². The predicted octanol–water partition coefficient (Wildman–Crippen LogP) is 2.83. The van der Waals surface area contributed by atoms with Crippen LogP contribution in [0.25, 0.3) is 0 Å². The second-order valence-corrected chi connectivity index (χ2v) is 6.11. The van der Waals surface area contributed by atoms with Gasteiger partial charge < -0.3 is 10.4 Å². The van der Waals surface area contributed by atoms with Crippen molar-refractivity contribution in [3.8, 4) is 0 Å². The van der Waals surface area contributed by atoms with Crippen molar-refractivity contribution in [1.82, 2.24) is 10.3 Å². The number of hydrogen-bond acceptors (Lipinski definition) is 3. The molecule has 1 saturated carbocycles. The highest BCUT2D eigenvalue weighted by Gasteiger charge is 2.24. The molecule has 1 aromatic heterocycles. The number of hydrogen-bond donors (Lipinski definition) is 2. The van der Waals surface area contributed by atoms with E-state index < -0.39 is 0 Å². The van der Waals surface area contributed by atoms with E-state index >= 15 is 0 Å². The number of aryl methyl sites for hydroxylation is 1. The van der Waals surface area contributed by atoms with Crippen molar-refractivity contribution >= 4 is 17.5 Å². The lowest BCUT2D eigenvalue weighted by molar-refractivity contribution is 0.0909. The predicted molar refractivity (Wildman–Crippen MR) is 83.5 cm³/mol. The molecule has 1 amide bonds.